The van der Waals surface area contributed by atoms with E-state index in [1.807, 2.05) is 24.3 Å². The van der Waals surface area contributed by atoms with E-state index < -0.39 is 17.7 Å². The third-order valence-electron chi connectivity index (χ3n) is 8.23. The standard InChI is InChI=1S/C29H26F3NO3/c1-28(2)12-20(17-5-3-4-6-23(17)29(30,31)32)18-9-15(7-8-22(18)28)14-36-24-11-16-10-19-25(21(16)13-33-24)26(19)27(34)35/h3-9,11,13,19-20,25-26H,10,12,14H2,1-2H3,(H,34,35). The zero-order valence-corrected chi connectivity index (χ0v) is 20.0. The van der Waals surface area contributed by atoms with Crippen molar-refractivity contribution in [3.8, 4) is 5.88 Å². The molecule has 6 rings (SSSR count). The number of hydrogen-bond acceptors (Lipinski definition) is 3. The van der Waals surface area contributed by atoms with Gasteiger partial charge in [0, 0.05) is 24.1 Å². The van der Waals surface area contributed by atoms with Gasteiger partial charge in [0.25, 0.3) is 0 Å². The third kappa shape index (κ3) is 3.67. The maximum Gasteiger partial charge on any atom is 0.416 e. The Morgan fingerprint density at radius 3 is 2.64 bits per heavy atom. The summed E-state index contributed by atoms with van der Waals surface area (Å²) in [4.78, 5) is 15.7. The van der Waals surface area contributed by atoms with Crippen molar-refractivity contribution in [2.24, 2.45) is 11.8 Å². The van der Waals surface area contributed by atoms with E-state index in [-0.39, 0.29) is 35.7 Å². The molecule has 4 nitrogen and oxygen atoms in total. The quantitative estimate of drug-likeness (QED) is 0.443. The molecular formula is C29H26F3NO3. The van der Waals surface area contributed by atoms with Crippen LogP contribution in [0.4, 0.5) is 13.2 Å². The lowest BCUT2D eigenvalue weighted by Gasteiger charge is -2.21. The molecule has 1 N–H and O–H groups in total. The van der Waals surface area contributed by atoms with E-state index >= 15 is 0 Å². The summed E-state index contributed by atoms with van der Waals surface area (Å²) in [6.07, 6.45) is -1.35. The second kappa shape index (κ2) is 7.82. The first-order valence-corrected chi connectivity index (χ1v) is 12.2. The summed E-state index contributed by atoms with van der Waals surface area (Å²) in [7, 11) is 0. The average Bonchev–Trinajstić information content (AvgIpc) is 3.32. The molecule has 0 spiro atoms. The summed E-state index contributed by atoms with van der Waals surface area (Å²) in [5.74, 6) is -0.688. The number of hydrogen-bond donors (Lipinski definition) is 1. The molecule has 4 atom stereocenters. The molecule has 3 aliphatic rings. The molecule has 1 saturated carbocycles. The summed E-state index contributed by atoms with van der Waals surface area (Å²) in [6.45, 7) is 4.40. The number of nitrogens with zero attached hydrogens (tertiary/aromatic N) is 1. The highest BCUT2D eigenvalue weighted by Crippen LogP contribution is 2.61. The van der Waals surface area contributed by atoms with Gasteiger partial charge in [0.2, 0.25) is 5.88 Å². The fourth-order valence-electron chi connectivity index (χ4n) is 6.51. The lowest BCUT2D eigenvalue weighted by molar-refractivity contribution is -0.139. The van der Waals surface area contributed by atoms with Gasteiger partial charge in [0.1, 0.15) is 6.61 Å². The normalized spacial score (nSPS) is 25.1. The average molecular weight is 494 g/mol. The minimum atomic E-state index is -4.41. The van der Waals surface area contributed by atoms with Crippen molar-refractivity contribution in [1.82, 2.24) is 4.98 Å². The van der Waals surface area contributed by atoms with E-state index in [0.29, 0.717) is 17.9 Å². The van der Waals surface area contributed by atoms with Crippen molar-refractivity contribution < 1.29 is 27.8 Å². The third-order valence-corrected chi connectivity index (χ3v) is 8.23. The smallest absolute Gasteiger partial charge is 0.416 e. The largest absolute Gasteiger partial charge is 0.481 e. The summed E-state index contributed by atoms with van der Waals surface area (Å²) in [5.41, 5.74) is 4.44. The summed E-state index contributed by atoms with van der Waals surface area (Å²) < 4.78 is 47.3. The van der Waals surface area contributed by atoms with Crippen LogP contribution in [0.3, 0.4) is 0 Å². The Kier molecular flexibility index (Phi) is 5.01. The number of rotatable bonds is 5. The number of aromatic nitrogens is 1. The van der Waals surface area contributed by atoms with E-state index in [1.54, 1.807) is 18.3 Å². The highest BCUT2D eigenvalue weighted by Gasteiger charge is 2.60. The predicted octanol–water partition coefficient (Wildman–Crippen LogP) is 6.46. The minimum absolute atomic E-state index is 0.0654. The number of fused-ring (bicyclic) bond motifs is 4. The van der Waals surface area contributed by atoms with Crippen LogP contribution in [0.25, 0.3) is 0 Å². The molecular weight excluding hydrogens is 467 g/mol. The Bertz CT molecular complexity index is 1380. The van der Waals surface area contributed by atoms with Crippen molar-refractivity contribution in [2.75, 3.05) is 0 Å². The molecule has 0 radical (unpaired) electrons. The maximum absolute atomic E-state index is 13.8. The molecule has 0 bridgehead atoms. The lowest BCUT2D eigenvalue weighted by atomic mass is 9.84. The molecule has 1 aromatic heterocycles. The van der Waals surface area contributed by atoms with Crippen molar-refractivity contribution in [3.05, 3.63) is 93.7 Å². The van der Waals surface area contributed by atoms with Crippen LogP contribution in [0, 0.1) is 11.8 Å². The molecule has 36 heavy (non-hydrogen) atoms. The topological polar surface area (TPSA) is 59.4 Å². The van der Waals surface area contributed by atoms with Gasteiger partial charge >= 0.3 is 12.1 Å². The lowest BCUT2D eigenvalue weighted by Crippen LogP contribution is -2.14. The Labute approximate surface area is 207 Å². The number of carbonyl (C=O) groups is 1. The van der Waals surface area contributed by atoms with E-state index in [4.69, 9.17) is 4.74 Å². The Hall–Kier alpha value is -3.35. The number of halogens is 3. The Morgan fingerprint density at radius 2 is 1.89 bits per heavy atom. The summed E-state index contributed by atoms with van der Waals surface area (Å²) in [6, 6.07) is 13.7. The first-order valence-electron chi connectivity index (χ1n) is 12.2. The highest BCUT2D eigenvalue weighted by molar-refractivity contribution is 5.77. The summed E-state index contributed by atoms with van der Waals surface area (Å²) in [5, 5.41) is 9.29. The number of aliphatic carboxylic acids is 1. The molecule has 0 amide bonds. The first-order chi connectivity index (χ1) is 17.0. The van der Waals surface area contributed by atoms with Crippen molar-refractivity contribution in [1.29, 1.82) is 0 Å². The van der Waals surface area contributed by atoms with Gasteiger partial charge in [-0.15, -0.1) is 0 Å². The van der Waals surface area contributed by atoms with Gasteiger partial charge in [0.15, 0.2) is 0 Å². The van der Waals surface area contributed by atoms with Crippen molar-refractivity contribution in [3.63, 3.8) is 0 Å². The number of carboxylic acid groups (broad SMARTS) is 1. The van der Waals surface area contributed by atoms with Crippen LogP contribution in [-0.2, 0) is 29.4 Å². The van der Waals surface area contributed by atoms with E-state index in [9.17, 15) is 23.1 Å². The monoisotopic (exact) mass is 493 g/mol. The summed E-state index contributed by atoms with van der Waals surface area (Å²) >= 11 is 0. The van der Waals surface area contributed by atoms with Gasteiger partial charge in [0.05, 0.1) is 11.5 Å². The zero-order valence-electron chi connectivity index (χ0n) is 20.0. The molecule has 7 heteroatoms. The molecule has 3 aliphatic carbocycles. The van der Waals surface area contributed by atoms with Crippen LogP contribution < -0.4 is 4.74 Å². The van der Waals surface area contributed by atoms with Gasteiger partial charge in [-0.05, 0) is 63.6 Å². The molecule has 0 saturated heterocycles. The SMILES string of the molecule is CC1(C)CC(c2ccccc2C(F)(F)F)c2cc(COc3cc4c(cn3)C3C(C4)C3C(=O)O)ccc21. The van der Waals surface area contributed by atoms with Gasteiger partial charge in [-0.25, -0.2) is 4.98 Å². The second-order valence-electron chi connectivity index (χ2n) is 10.9. The van der Waals surface area contributed by atoms with Gasteiger partial charge in [-0.3, -0.25) is 4.79 Å². The number of carboxylic acids is 1. The Balaban J connectivity index is 1.25. The molecule has 186 valence electrons. The maximum atomic E-state index is 13.8. The number of benzene rings is 2. The number of ether oxygens (including phenoxy) is 1. The van der Waals surface area contributed by atoms with Crippen LogP contribution >= 0.6 is 0 Å². The number of alkyl halides is 3. The van der Waals surface area contributed by atoms with Gasteiger partial charge in [-0.2, -0.15) is 13.2 Å². The minimum Gasteiger partial charge on any atom is -0.481 e. The van der Waals surface area contributed by atoms with Crippen LogP contribution in [0.2, 0.25) is 0 Å². The van der Waals surface area contributed by atoms with E-state index in [0.717, 1.165) is 40.3 Å². The first kappa shape index (κ1) is 23.1. The van der Waals surface area contributed by atoms with Crippen molar-refractivity contribution >= 4 is 5.97 Å². The highest BCUT2D eigenvalue weighted by atomic mass is 19.4. The molecule has 3 aromatic rings. The van der Waals surface area contributed by atoms with Crippen LogP contribution in [0.5, 0.6) is 5.88 Å². The van der Waals surface area contributed by atoms with Gasteiger partial charge in [-0.1, -0.05) is 50.2 Å². The molecule has 2 aromatic carbocycles. The van der Waals surface area contributed by atoms with Crippen molar-refractivity contribution in [2.45, 2.75) is 56.7 Å². The fourth-order valence-corrected chi connectivity index (χ4v) is 6.51. The molecule has 1 heterocycles. The molecule has 4 unspecified atom stereocenters. The van der Waals surface area contributed by atoms with E-state index in [2.05, 4.69) is 18.8 Å². The molecule has 1 fully saturated rings. The second-order valence-corrected chi connectivity index (χ2v) is 10.9. The number of pyridine rings is 1. The van der Waals surface area contributed by atoms with Crippen LogP contribution in [0.1, 0.15) is 71.0 Å². The van der Waals surface area contributed by atoms with Crippen LogP contribution in [0.15, 0.2) is 54.7 Å². The van der Waals surface area contributed by atoms with Gasteiger partial charge < -0.3 is 9.84 Å². The fraction of sp³-hybridized carbons (Fsp3) is 0.379. The molecule has 0 aliphatic heterocycles. The Morgan fingerprint density at radius 1 is 1.11 bits per heavy atom. The van der Waals surface area contributed by atoms with E-state index in [1.165, 1.54) is 6.07 Å². The zero-order chi connectivity index (χ0) is 25.4. The predicted molar refractivity (Wildman–Crippen MR) is 127 cm³/mol. The van der Waals surface area contributed by atoms with Crippen LogP contribution in [-0.4, -0.2) is 16.1 Å².